The maximum atomic E-state index is 12.8. The van der Waals surface area contributed by atoms with Gasteiger partial charge in [0.25, 0.3) is 0 Å². The summed E-state index contributed by atoms with van der Waals surface area (Å²) in [5.41, 5.74) is 0. The van der Waals surface area contributed by atoms with Crippen molar-refractivity contribution in [3.05, 3.63) is 0 Å². The second kappa shape index (κ2) is 11.9. The van der Waals surface area contributed by atoms with Crippen molar-refractivity contribution in [3.63, 3.8) is 0 Å². The lowest BCUT2D eigenvalue weighted by Gasteiger charge is -2.34. The van der Waals surface area contributed by atoms with Crippen LogP contribution < -0.4 is 10.6 Å². The van der Waals surface area contributed by atoms with E-state index in [0.29, 0.717) is 11.9 Å². The fourth-order valence-electron chi connectivity index (χ4n) is 5.72. The predicted molar refractivity (Wildman–Crippen MR) is 125 cm³/mol. The first kappa shape index (κ1) is 23.4. The Morgan fingerprint density at radius 1 is 1.00 bits per heavy atom. The molecule has 6 heteroatoms. The molecule has 1 saturated carbocycles. The molecule has 2 aliphatic heterocycles. The van der Waals surface area contributed by atoms with E-state index in [2.05, 4.69) is 39.3 Å². The van der Waals surface area contributed by atoms with Crippen LogP contribution >= 0.6 is 0 Å². The lowest BCUT2D eigenvalue weighted by Crippen LogP contribution is -2.46. The first-order valence-electron chi connectivity index (χ1n) is 12.5. The normalized spacial score (nSPS) is 29.2. The van der Waals surface area contributed by atoms with Crippen molar-refractivity contribution in [2.75, 3.05) is 46.3 Å². The molecule has 3 rings (SSSR count). The fourth-order valence-corrected chi connectivity index (χ4v) is 5.72. The molecular weight excluding hydrogens is 374 g/mol. The summed E-state index contributed by atoms with van der Waals surface area (Å²) < 4.78 is 0. The van der Waals surface area contributed by atoms with Crippen LogP contribution in [0.1, 0.15) is 71.6 Å². The topological polar surface area (TPSA) is 60.0 Å². The van der Waals surface area contributed by atoms with Crippen LogP contribution in [0.15, 0.2) is 4.99 Å². The van der Waals surface area contributed by atoms with E-state index in [-0.39, 0.29) is 5.92 Å². The first-order chi connectivity index (χ1) is 14.5. The minimum atomic E-state index is 0.279. The van der Waals surface area contributed by atoms with Gasteiger partial charge in [-0.25, -0.2) is 0 Å². The third-order valence-electron chi connectivity index (χ3n) is 7.16. The van der Waals surface area contributed by atoms with E-state index >= 15 is 0 Å². The highest BCUT2D eigenvalue weighted by Crippen LogP contribution is 2.26. The average Bonchev–Trinajstić information content (AvgIpc) is 3.20. The Kier molecular flexibility index (Phi) is 9.28. The van der Waals surface area contributed by atoms with Crippen LogP contribution in [-0.2, 0) is 4.79 Å². The Morgan fingerprint density at radius 3 is 2.43 bits per heavy atom. The summed E-state index contributed by atoms with van der Waals surface area (Å²) >= 11 is 0. The molecule has 3 aliphatic rings. The number of amides is 1. The third-order valence-corrected chi connectivity index (χ3v) is 7.16. The molecule has 2 N–H and O–H groups in total. The molecule has 3 atom stereocenters. The van der Waals surface area contributed by atoms with Gasteiger partial charge in [0, 0.05) is 51.7 Å². The van der Waals surface area contributed by atoms with Crippen molar-refractivity contribution in [1.82, 2.24) is 20.4 Å². The lowest BCUT2D eigenvalue weighted by molar-refractivity contribution is -0.135. The zero-order chi connectivity index (χ0) is 21.3. The summed E-state index contributed by atoms with van der Waals surface area (Å²) in [7, 11) is 1.84. The molecule has 172 valence electrons. The number of nitrogens with zero attached hydrogens (tertiary/aromatic N) is 3. The number of hydrogen-bond acceptors (Lipinski definition) is 3. The number of rotatable bonds is 7. The summed E-state index contributed by atoms with van der Waals surface area (Å²) in [4.78, 5) is 21.9. The molecule has 3 fully saturated rings. The monoisotopic (exact) mass is 419 g/mol. The first-order valence-corrected chi connectivity index (χ1v) is 12.5. The van der Waals surface area contributed by atoms with Crippen molar-refractivity contribution >= 4 is 11.9 Å². The van der Waals surface area contributed by atoms with Crippen LogP contribution in [0.25, 0.3) is 0 Å². The van der Waals surface area contributed by atoms with Crippen LogP contribution in [0, 0.1) is 17.8 Å². The summed E-state index contributed by atoms with van der Waals surface area (Å²) in [6, 6.07) is 0.320. The average molecular weight is 420 g/mol. The van der Waals surface area contributed by atoms with Gasteiger partial charge in [-0.2, -0.15) is 0 Å². The smallest absolute Gasteiger partial charge is 0.225 e. The SMILES string of the molecule is CN=C(NCCCCN1CC(C)CC(C)C1)NC1CCN(C(=O)C2CCCCC2)C1. The van der Waals surface area contributed by atoms with E-state index in [1.807, 2.05) is 7.05 Å². The van der Waals surface area contributed by atoms with Gasteiger partial charge in [0.15, 0.2) is 5.96 Å². The molecule has 1 aliphatic carbocycles. The number of nitrogens with one attached hydrogen (secondary N) is 2. The van der Waals surface area contributed by atoms with E-state index in [4.69, 9.17) is 0 Å². The quantitative estimate of drug-likeness (QED) is 0.378. The lowest BCUT2D eigenvalue weighted by atomic mass is 9.88. The Balaban J connectivity index is 1.30. The Bertz CT molecular complexity index is 550. The number of unbranched alkanes of at least 4 members (excludes halogenated alkanes) is 1. The van der Waals surface area contributed by atoms with Crippen molar-refractivity contribution in [3.8, 4) is 0 Å². The van der Waals surface area contributed by atoms with Crippen LogP contribution in [0.2, 0.25) is 0 Å². The standard InChI is InChI=1S/C24H45N5O/c1-19-15-20(2)17-28(16-19)13-8-7-12-26-24(25-3)27-22-11-14-29(18-22)23(30)21-9-5-4-6-10-21/h19-22H,4-18H2,1-3H3,(H2,25,26,27). The summed E-state index contributed by atoms with van der Waals surface area (Å²) in [6.45, 7) is 11.2. The van der Waals surface area contributed by atoms with E-state index in [1.54, 1.807) is 0 Å². The molecule has 0 bridgehead atoms. The van der Waals surface area contributed by atoms with E-state index < -0.39 is 0 Å². The van der Waals surface area contributed by atoms with Gasteiger partial charge in [-0.1, -0.05) is 33.1 Å². The van der Waals surface area contributed by atoms with Crippen molar-refractivity contribution in [1.29, 1.82) is 0 Å². The van der Waals surface area contributed by atoms with E-state index in [9.17, 15) is 4.79 Å². The maximum absolute atomic E-state index is 12.8. The number of hydrogen-bond donors (Lipinski definition) is 2. The summed E-state index contributed by atoms with van der Waals surface area (Å²) in [5.74, 6) is 3.23. The van der Waals surface area contributed by atoms with Crippen molar-refractivity contribution in [2.45, 2.75) is 77.7 Å². The van der Waals surface area contributed by atoms with Gasteiger partial charge in [0.05, 0.1) is 0 Å². The van der Waals surface area contributed by atoms with Crippen LogP contribution in [0.5, 0.6) is 0 Å². The van der Waals surface area contributed by atoms with E-state index in [1.165, 1.54) is 51.7 Å². The second-order valence-electron chi connectivity index (χ2n) is 10.2. The van der Waals surface area contributed by atoms with Gasteiger partial charge in [-0.3, -0.25) is 9.79 Å². The number of aliphatic imine (C=N–C) groups is 1. The van der Waals surface area contributed by atoms with Gasteiger partial charge in [0.2, 0.25) is 5.91 Å². The molecule has 0 aromatic rings. The van der Waals surface area contributed by atoms with Gasteiger partial charge in [-0.15, -0.1) is 0 Å². The third kappa shape index (κ3) is 7.14. The molecular formula is C24H45N5O. The minimum Gasteiger partial charge on any atom is -0.356 e. The highest BCUT2D eigenvalue weighted by Gasteiger charge is 2.31. The molecule has 0 radical (unpaired) electrons. The highest BCUT2D eigenvalue weighted by atomic mass is 16.2. The minimum absolute atomic E-state index is 0.279. The molecule has 6 nitrogen and oxygen atoms in total. The molecule has 1 amide bonds. The Morgan fingerprint density at radius 2 is 1.73 bits per heavy atom. The molecule has 2 saturated heterocycles. The van der Waals surface area contributed by atoms with Crippen LogP contribution in [0.3, 0.4) is 0 Å². The number of piperidine rings is 1. The molecule has 0 aromatic heterocycles. The Hall–Kier alpha value is -1.30. The fraction of sp³-hybridized carbons (Fsp3) is 0.917. The number of guanidine groups is 1. The van der Waals surface area contributed by atoms with Crippen molar-refractivity contribution in [2.24, 2.45) is 22.7 Å². The number of carbonyl (C=O) groups is 1. The number of likely N-dealkylation sites (tertiary alicyclic amines) is 2. The number of carbonyl (C=O) groups excluding carboxylic acids is 1. The largest absolute Gasteiger partial charge is 0.356 e. The van der Waals surface area contributed by atoms with E-state index in [0.717, 1.165) is 63.1 Å². The van der Waals surface area contributed by atoms with Gasteiger partial charge < -0.3 is 20.4 Å². The maximum Gasteiger partial charge on any atom is 0.225 e. The molecule has 30 heavy (non-hydrogen) atoms. The van der Waals surface area contributed by atoms with Gasteiger partial charge >= 0.3 is 0 Å². The molecule has 0 aromatic carbocycles. The molecule has 0 spiro atoms. The zero-order valence-corrected chi connectivity index (χ0v) is 19.7. The van der Waals surface area contributed by atoms with Gasteiger partial charge in [0.1, 0.15) is 0 Å². The molecule has 2 heterocycles. The predicted octanol–water partition coefficient (Wildman–Crippen LogP) is 3.09. The Labute approximate surface area is 184 Å². The van der Waals surface area contributed by atoms with Crippen LogP contribution in [0.4, 0.5) is 0 Å². The molecule has 3 unspecified atom stereocenters. The van der Waals surface area contributed by atoms with Gasteiger partial charge in [-0.05, 0) is 56.9 Å². The summed E-state index contributed by atoms with van der Waals surface area (Å²) in [5, 5.41) is 7.02. The van der Waals surface area contributed by atoms with Crippen LogP contribution in [-0.4, -0.2) is 74.0 Å². The second-order valence-corrected chi connectivity index (χ2v) is 10.2. The summed E-state index contributed by atoms with van der Waals surface area (Å²) in [6.07, 6.45) is 10.7. The highest BCUT2D eigenvalue weighted by molar-refractivity contribution is 5.81. The zero-order valence-electron chi connectivity index (χ0n) is 19.7. The van der Waals surface area contributed by atoms with Crippen molar-refractivity contribution < 1.29 is 4.79 Å².